The number of aromatic nitrogens is 2. The molecule has 3 aromatic heterocycles. The lowest BCUT2D eigenvalue weighted by Gasteiger charge is -2.39. The van der Waals surface area contributed by atoms with Crippen molar-refractivity contribution < 1.29 is 13.9 Å². The third kappa shape index (κ3) is 8.26. The number of unbranched alkanes of at least 4 members (excludes halogenated alkanes) is 7. The van der Waals surface area contributed by atoms with Gasteiger partial charge in [-0.1, -0.05) is 38.5 Å². The van der Waals surface area contributed by atoms with E-state index < -0.39 is 0 Å². The van der Waals surface area contributed by atoms with Crippen LogP contribution in [-0.2, 0) is 18.4 Å². The molecule has 2 aliphatic rings. The maximum Gasteiger partial charge on any atom is 0.261 e. The summed E-state index contributed by atoms with van der Waals surface area (Å²) in [5.41, 5.74) is 7.75. The third-order valence-electron chi connectivity index (χ3n) is 8.97. The molecule has 1 aliphatic heterocycles. The Morgan fingerprint density at radius 1 is 1.07 bits per heavy atom. The number of nitrogens with zero attached hydrogens (tertiary/aromatic N) is 4. The van der Waals surface area contributed by atoms with Crippen LogP contribution in [0.1, 0.15) is 83.3 Å². The molecule has 1 aliphatic carbocycles. The number of furan rings is 1. The number of fused-ring (bicyclic) bond motifs is 1. The van der Waals surface area contributed by atoms with Gasteiger partial charge in [0.1, 0.15) is 17.1 Å². The fourth-order valence-corrected chi connectivity index (χ4v) is 6.08. The van der Waals surface area contributed by atoms with Crippen molar-refractivity contribution in [3.05, 3.63) is 46.8 Å². The summed E-state index contributed by atoms with van der Waals surface area (Å²) in [5, 5.41) is 0.567. The van der Waals surface area contributed by atoms with Crippen LogP contribution in [0.25, 0.3) is 22.1 Å². The number of aryl methyl sites for hydroxylation is 1. The first kappa shape index (κ1) is 31.3. The number of amides is 1. The van der Waals surface area contributed by atoms with Crippen LogP contribution in [0.5, 0.6) is 5.75 Å². The number of hydrogen-bond donors (Lipinski definition) is 1. The van der Waals surface area contributed by atoms with E-state index in [0.29, 0.717) is 48.8 Å². The lowest BCUT2D eigenvalue weighted by molar-refractivity contribution is -0.134. The van der Waals surface area contributed by atoms with E-state index in [1.165, 1.54) is 44.9 Å². The highest BCUT2D eigenvalue weighted by Gasteiger charge is 2.28. The van der Waals surface area contributed by atoms with Crippen LogP contribution in [-0.4, -0.2) is 64.1 Å². The van der Waals surface area contributed by atoms with Gasteiger partial charge >= 0.3 is 0 Å². The van der Waals surface area contributed by atoms with E-state index in [1.54, 1.807) is 24.0 Å². The van der Waals surface area contributed by atoms with Gasteiger partial charge in [-0.3, -0.25) is 19.5 Å². The molecule has 5 rings (SSSR count). The minimum atomic E-state index is -0.0849. The first-order valence-corrected chi connectivity index (χ1v) is 16.4. The highest BCUT2D eigenvalue weighted by molar-refractivity contribution is 5.93. The molecule has 1 saturated heterocycles. The van der Waals surface area contributed by atoms with Crippen molar-refractivity contribution in [1.29, 1.82) is 0 Å². The average molecular weight is 592 g/mol. The lowest BCUT2D eigenvalue weighted by Crippen LogP contribution is -2.53. The van der Waals surface area contributed by atoms with Crippen molar-refractivity contribution in [2.75, 3.05) is 32.8 Å². The van der Waals surface area contributed by atoms with Gasteiger partial charge in [0.15, 0.2) is 0 Å². The molecule has 43 heavy (non-hydrogen) atoms. The molecule has 9 heteroatoms. The molecule has 0 spiro atoms. The second kappa shape index (κ2) is 15.0. The minimum absolute atomic E-state index is 0.0849. The smallest absolute Gasteiger partial charge is 0.261 e. The van der Waals surface area contributed by atoms with Crippen LogP contribution in [0.2, 0.25) is 0 Å². The summed E-state index contributed by atoms with van der Waals surface area (Å²) >= 11 is 0. The third-order valence-corrected chi connectivity index (χ3v) is 8.97. The second-order valence-corrected chi connectivity index (χ2v) is 12.6. The van der Waals surface area contributed by atoms with Crippen molar-refractivity contribution in [3.63, 3.8) is 0 Å². The van der Waals surface area contributed by atoms with Crippen LogP contribution in [0.4, 0.5) is 0 Å². The van der Waals surface area contributed by atoms with Crippen molar-refractivity contribution in [1.82, 2.24) is 19.4 Å². The van der Waals surface area contributed by atoms with E-state index in [1.807, 2.05) is 23.2 Å². The Morgan fingerprint density at radius 3 is 2.53 bits per heavy atom. The molecule has 1 saturated carbocycles. The molecule has 234 valence electrons. The number of nitrogens with two attached hydrogens (primary N) is 1. The summed E-state index contributed by atoms with van der Waals surface area (Å²) < 4.78 is 14.1. The van der Waals surface area contributed by atoms with Crippen molar-refractivity contribution in [2.45, 2.75) is 90.1 Å². The molecule has 0 radical (unpaired) electrons. The van der Waals surface area contributed by atoms with Gasteiger partial charge in [-0.05, 0) is 57.2 Å². The molecule has 3 aromatic rings. The Bertz CT molecular complexity index is 1410. The zero-order chi connectivity index (χ0) is 30.2. The molecule has 2 N–H and O–H groups in total. The van der Waals surface area contributed by atoms with Gasteiger partial charge in [0.05, 0.1) is 24.7 Å². The molecule has 0 bridgehead atoms. The van der Waals surface area contributed by atoms with E-state index in [0.717, 1.165) is 55.8 Å². The van der Waals surface area contributed by atoms with Crippen LogP contribution < -0.4 is 16.0 Å². The minimum Gasteiger partial charge on any atom is -0.491 e. The predicted octanol–water partition coefficient (Wildman–Crippen LogP) is 5.48. The summed E-state index contributed by atoms with van der Waals surface area (Å²) in [7, 11) is 1.77. The summed E-state index contributed by atoms with van der Waals surface area (Å²) in [4.78, 5) is 34.7. The van der Waals surface area contributed by atoms with Gasteiger partial charge < -0.3 is 24.4 Å². The Kier molecular flexibility index (Phi) is 10.9. The number of hydrogen-bond acceptors (Lipinski definition) is 7. The van der Waals surface area contributed by atoms with Gasteiger partial charge in [-0.2, -0.15) is 0 Å². The Labute approximate surface area is 255 Å². The molecule has 0 aromatic carbocycles. The van der Waals surface area contributed by atoms with E-state index >= 15 is 0 Å². The van der Waals surface area contributed by atoms with Crippen molar-refractivity contribution in [3.8, 4) is 16.9 Å². The summed E-state index contributed by atoms with van der Waals surface area (Å²) in [5.74, 6) is 2.35. The van der Waals surface area contributed by atoms with Crippen LogP contribution in [0.15, 0.2) is 39.9 Å². The van der Waals surface area contributed by atoms with E-state index in [9.17, 15) is 9.59 Å². The Balaban J connectivity index is 1.17. The van der Waals surface area contributed by atoms with Gasteiger partial charge in [0.2, 0.25) is 5.91 Å². The monoisotopic (exact) mass is 591 g/mol. The molecular weight excluding hydrogens is 542 g/mol. The quantitative estimate of drug-likeness (QED) is 0.220. The first-order chi connectivity index (χ1) is 20.9. The molecule has 2 fully saturated rings. The zero-order valence-electron chi connectivity index (χ0n) is 26.1. The number of piperazine rings is 1. The van der Waals surface area contributed by atoms with Crippen molar-refractivity contribution in [2.24, 2.45) is 18.7 Å². The number of pyridine rings is 2. The normalized spacial score (nSPS) is 17.6. The van der Waals surface area contributed by atoms with E-state index in [-0.39, 0.29) is 17.5 Å². The standard InChI is InChI=1S/C34H49N5O4/c1-25-21-39(32(40)11-9-7-5-3-4-6-8-10-15-35)18-17-38(25)22-27-19-29-33(43-27)30(23-37(2)34(29)41)28-14-16-36-20-31(28)42-24-26-12-13-26/h14,16,19-20,23,25-26H,3-13,15,17-18,21-22,24,35H2,1-2H3/t25-/m1/s1. The lowest BCUT2D eigenvalue weighted by atomic mass is 10.1. The number of rotatable bonds is 16. The van der Waals surface area contributed by atoms with E-state index in [2.05, 4.69) is 16.8 Å². The Hall–Kier alpha value is -3.17. The average Bonchev–Trinajstić information content (AvgIpc) is 3.75. The maximum absolute atomic E-state index is 13.1. The first-order valence-electron chi connectivity index (χ1n) is 16.4. The van der Waals surface area contributed by atoms with Gasteiger partial charge in [0.25, 0.3) is 5.56 Å². The number of ether oxygens (including phenoxy) is 1. The molecular formula is C34H49N5O4. The molecule has 9 nitrogen and oxygen atoms in total. The van der Waals surface area contributed by atoms with Gasteiger partial charge in [-0.15, -0.1) is 0 Å². The topological polar surface area (TPSA) is 107 Å². The van der Waals surface area contributed by atoms with E-state index in [4.69, 9.17) is 14.9 Å². The summed E-state index contributed by atoms with van der Waals surface area (Å²) in [6, 6.07) is 4.01. The van der Waals surface area contributed by atoms with Crippen LogP contribution in [0.3, 0.4) is 0 Å². The summed E-state index contributed by atoms with van der Waals surface area (Å²) in [6.07, 6.45) is 17.8. The Morgan fingerprint density at radius 2 is 1.81 bits per heavy atom. The molecule has 1 amide bonds. The molecule has 4 heterocycles. The maximum atomic E-state index is 13.1. The fourth-order valence-electron chi connectivity index (χ4n) is 6.08. The fraction of sp³-hybridized carbons (Fsp3) is 0.618. The largest absolute Gasteiger partial charge is 0.491 e. The van der Waals surface area contributed by atoms with Crippen molar-refractivity contribution >= 4 is 16.9 Å². The number of carbonyl (C=O) groups is 1. The number of carbonyl (C=O) groups excluding carboxylic acids is 1. The van der Waals surface area contributed by atoms with Gasteiger partial charge in [0, 0.05) is 62.7 Å². The predicted molar refractivity (Wildman–Crippen MR) is 170 cm³/mol. The molecule has 1 atom stereocenters. The SMILES string of the molecule is C[C@@H]1CN(C(=O)CCCCCCCCCCN)CCN1Cc1cc2c(=O)n(C)cc(-c3ccncc3OCC3CC3)c2o1. The summed E-state index contributed by atoms with van der Waals surface area (Å²) in [6.45, 7) is 6.44. The van der Waals surface area contributed by atoms with Crippen LogP contribution >= 0.6 is 0 Å². The highest BCUT2D eigenvalue weighted by Crippen LogP contribution is 2.37. The van der Waals surface area contributed by atoms with Gasteiger partial charge in [-0.25, -0.2) is 0 Å². The zero-order valence-corrected chi connectivity index (χ0v) is 26.1. The molecule has 0 unspecified atom stereocenters. The van der Waals surface area contributed by atoms with Crippen LogP contribution in [0, 0.1) is 5.92 Å². The highest BCUT2D eigenvalue weighted by atomic mass is 16.5. The second-order valence-electron chi connectivity index (χ2n) is 12.6.